The average molecular weight is 498 g/mol. The lowest BCUT2D eigenvalue weighted by molar-refractivity contribution is 0.0955. The van der Waals surface area contributed by atoms with Crippen LogP contribution in [-0.2, 0) is 6.61 Å². The summed E-state index contributed by atoms with van der Waals surface area (Å²) in [6, 6.07) is 15.0. The normalized spacial score (nSPS) is 10.9. The molecule has 0 bridgehead atoms. The van der Waals surface area contributed by atoms with Crippen molar-refractivity contribution in [3.63, 3.8) is 0 Å². The molecule has 0 unspecified atom stereocenters. The van der Waals surface area contributed by atoms with Gasteiger partial charge in [0.15, 0.2) is 11.5 Å². The lowest BCUT2D eigenvalue weighted by Gasteiger charge is -2.13. The number of ether oxygens (including phenoxy) is 2. The predicted molar refractivity (Wildman–Crippen MR) is 125 cm³/mol. The summed E-state index contributed by atoms with van der Waals surface area (Å²) in [5, 5.41) is 5.66. The van der Waals surface area contributed by atoms with Gasteiger partial charge in [-0.1, -0.05) is 52.5 Å². The summed E-state index contributed by atoms with van der Waals surface area (Å²) < 4.78 is 11.2. The molecule has 31 heavy (non-hydrogen) atoms. The van der Waals surface area contributed by atoms with E-state index in [2.05, 4.69) is 10.5 Å². The number of carbonyl (C=O) groups excluding carboxylic acids is 1. The van der Waals surface area contributed by atoms with Gasteiger partial charge in [-0.05, 0) is 54.1 Å². The SMILES string of the molecule is COc1ccc(/C=N\NC(=O)c2ccc(Cl)cc2Cl)cc1OCc1c(Cl)cccc1Cl. The van der Waals surface area contributed by atoms with Gasteiger partial charge in [-0.25, -0.2) is 5.43 Å². The summed E-state index contributed by atoms with van der Waals surface area (Å²) in [4.78, 5) is 12.2. The van der Waals surface area contributed by atoms with Gasteiger partial charge in [0.05, 0.1) is 23.9 Å². The fourth-order valence-electron chi connectivity index (χ4n) is 2.61. The van der Waals surface area contributed by atoms with Crippen molar-refractivity contribution in [2.75, 3.05) is 7.11 Å². The summed E-state index contributed by atoms with van der Waals surface area (Å²) in [7, 11) is 1.54. The van der Waals surface area contributed by atoms with Crippen molar-refractivity contribution in [3.05, 3.63) is 91.4 Å². The van der Waals surface area contributed by atoms with Crippen LogP contribution in [0.15, 0.2) is 59.7 Å². The lowest BCUT2D eigenvalue weighted by Crippen LogP contribution is -2.18. The molecule has 0 saturated carbocycles. The topological polar surface area (TPSA) is 59.9 Å². The second-order valence-corrected chi connectivity index (χ2v) is 7.88. The van der Waals surface area contributed by atoms with E-state index in [9.17, 15) is 4.79 Å². The molecule has 160 valence electrons. The number of nitrogens with zero attached hydrogens (tertiary/aromatic N) is 1. The number of methoxy groups -OCH3 is 1. The van der Waals surface area contributed by atoms with Crippen molar-refractivity contribution in [3.8, 4) is 11.5 Å². The van der Waals surface area contributed by atoms with E-state index < -0.39 is 5.91 Å². The molecule has 5 nitrogen and oxygen atoms in total. The molecule has 0 aromatic heterocycles. The molecule has 1 amide bonds. The molecule has 0 aliphatic carbocycles. The van der Waals surface area contributed by atoms with Gasteiger partial charge in [0.1, 0.15) is 6.61 Å². The highest BCUT2D eigenvalue weighted by atomic mass is 35.5. The molecule has 3 rings (SSSR count). The second kappa shape index (κ2) is 10.7. The van der Waals surface area contributed by atoms with Crippen LogP contribution >= 0.6 is 46.4 Å². The number of nitrogens with one attached hydrogen (secondary N) is 1. The van der Waals surface area contributed by atoms with Gasteiger partial charge in [-0.15, -0.1) is 0 Å². The lowest BCUT2D eigenvalue weighted by atomic mass is 10.2. The fraction of sp³-hybridized carbons (Fsp3) is 0.0909. The molecule has 0 radical (unpaired) electrons. The highest BCUT2D eigenvalue weighted by Crippen LogP contribution is 2.31. The third-order valence-corrected chi connectivity index (χ3v) is 5.43. The van der Waals surface area contributed by atoms with E-state index in [0.29, 0.717) is 37.7 Å². The largest absolute Gasteiger partial charge is 0.493 e. The summed E-state index contributed by atoms with van der Waals surface area (Å²) >= 11 is 24.3. The Labute approximate surface area is 199 Å². The van der Waals surface area contributed by atoms with Crippen LogP contribution in [0.1, 0.15) is 21.5 Å². The van der Waals surface area contributed by atoms with Crippen LogP contribution in [0.5, 0.6) is 11.5 Å². The van der Waals surface area contributed by atoms with Gasteiger partial charge in [-0.3, -0.25) is 4.79 Å². The summed E-state index contributed by atoms with van der Waals surface area (Å²) in [5.41, 5.74) is 4.02. The van der Waals surface area contributed by atoms with Gasteiger partial charge in [-0.2, -0.15) is 5.10 Å². The Morgan fingerprint density at radius 2 is 1.71 bits per heavy atom. The van der Waals surface area contributed by atoms with Crippen LogP contribution in [0.4, 0.5) is 0 Å². The first-order chi connectivity index (χ1) is 14.9. The van der Waals surface area contributed by atoms with Crippen molar-refractivity contribution in [2.45, 2.75) is 6.61 Å². The van der Waals surface area contributed by atoms with Crippen molar-refractivity contribution in [1.82, 2.24) is 5.43 Å². The van der Waals surface area contributed by atoms with Crippen molar-refractivity contribution < 1.29 is 14.3 Å². The number of rotatable bonds is 7. The number of benzene rings is 3. The third-order valence-electron chi connectivity index (χ3n) is 4.18. The Balaban J connectivity index is 1.71. The fourth-order valence-corrected chi connectivity index (χ4v) is 3.61. The van der Waals surface area contributed by atoms with E-state index in [1.54, 1.807) is 42.5 Å². The van der Waals surface area contributed by atoms with E-state index in [1.165, 1.54) is 25.5 Å². The number of hydrogen-bond donors (Lipinski definition) is 1. The number of hydrogen-bond acceptors (Lipinski definition) is 4. The van der Waals surface area contributed by atoms with Crippen LogP contribution in [0.2, 0.25) is 20.1 Å². The zero-order chi connectivity index (χ0) is 22.4. The zero-order valence-corrected chi connectivity index (χ0v) is 19.2. The number of carbonyl (C=O) groups is 1. The van der Waals surface area contributed by atoms with E-state index in [-0.39, 0.29) is 17.2 Å². The van der Waals surface area contributed by atoms with Gasteiger partial charge in [0.2, 0.25) is 0 Å². The van der Waals surface area contributed by atoms with Gasteiger partial charge in [0.25, 0.3) is 5.91 Å². The highest BCUT2D eigenvalue weighted by Gasteiger charge is 2.11. The van der Waals surface area contributed by atoms with E-state index in [4.69, 9.17) is 55.9 Å². The molecule has 3 aromatic rings. The molecule has 0 atom stereocenters. The molecule has 1 N–H and O–H groups in total. The second-order valence-electron chi connectivity index (χ2n) is 6.22. The average Bonchev–Trinajstić information content (AvgIpc) is 2.73. The van der Waals surface area contributed by atoms with Crippen molar-refractivity contribution in [1.29, 1.82) is 0 Å². The standard InChI is InChI=1S/C22H16Cl4N2O3/c1-30-20-8-5-13(9-21(20)31-12-16-17(24)3-2-4-18(16)25)11-27-28-22(29)15-7-6-14(23)10-19(15)26/h2-11H,12H2,1H3,(H,28,29)/b27-11-. The quantitative estimate of drug-likeness (QED) is 0.293. The Morgan fingerprint density at radius 1 is 0.968 bits per heavy atom. The first-order valence-corrected chi connectivity index (χ1v) is 10.4. The molecule has 0 heterocycles. The van der Waals surface area contributed by atoms with Crippen LogP contribution in [0, 0.1) is 0 Å². The summed E-state index contributed by atoms with van der Waals surface area (Å²) in [5.74, 6) is 0.531. The third kappa shape index (κ3) is 6.05. The molecular formula is C22H16Cl4N2O3. The summed E-state index contributed by atoms with van der Waals surface area (Å²) in [6.07, 6.45) is 1.47. The van der Waals surface area contributed by atoms with Crippen LogP contribution in [0.25, 0.3) is 0 Å². The minimum Gasteiger partial charge on any atom is -0.493 e. The van der Waals surface area contributed by atoms with Gasteiger partial charge >= 0.3 is 0 Å². The maximum absolute atomic E-state index is 12.2. The minimum absolute atomic E-state index is 0.154. The number of hydrazone groups is 1. The Kier molecular flexibility index (Phi) is 8.04. The Morgan fingerprint density at radius 3 is 2.39 bits per heavy atom. The molecule has 0 saturated heterocycles. The molecule has 3 aromatic carbocycles. The molecule has 9 heteroatoms. The molecule has 0 fully saturated rings. The van der Waals surface area contributed by atoms with Crippen LogP contribution in [-0.4, -0.2) is 19.2 Å². The Bertz CT molecular complexity index is 1120. The maximum Gasteiger partial charge on any atom is 0.272 e. The van der Waals surface area contributed by atoms with E-state index in [1.807, 2.05) is 0 Å². The molecule has 0 aliphatic heterocycles. The van der Waals surface area contributed by atoms with E-state index in [0.717, 1.165) is 0 Å². The molecular weight excluding hydrogens is 482 g/mol. The number of halogens is 4. The zero-order valence-electron chi connectivity index (χ0n) is 16.2. The molecule has 0 spiro atoms. The van der Waals surface area contributed by atoms with Crippen LogP contribution in [0.3, 0.4) is 0 Å². The monoisotopic (exact) mass is 496 g/mol. The molecule has 0 aliphatic rings. The van der Waals surface area contributed by atoms with Crippen LogP contribution < -0.4 is 14.9 Å². The van der Waals surface area contributed by atoms with Gasteiger partial charge in [0, 0.05) is 20.6 Å². The smallest absolute Gasteiger partial charge is 0.272 e. The number of amides is 1. The Hall–Kier alpha value is -2.44. The van der Waals surface area contributed by atoms with Crippen molar-refractivity contribution >= 4 is 58.5 Å². The maximum atomic E-state index is 12.2. The minimum atomic E-state index is -0.462. The summed E-state index contributed by atoms with van der Waals surface area (Å²) in [6.45, 7) is 0.154. The first-order valence-electron chi connectivity index (χ1n) is 8.91. The van der Waals surface area contributed by atoms with Crippen molar-refractivity contribution in [2.24, 2.45) is 5.10 Å². The highest BCUT2D eigenvalue weighted by molar-refractivity contribution is 6.37. The first kappa shape index (κ1) is 23.2. The van der Waals surface area contributed by atoms with Gasteiger partial charge < -0.3 is 9.47 Å². The predicted octanol–water partition coefficient (Wildman–Crippen LogP) is 6.65. The van der Waals surface area contributed by atoms with E-state index >= 15 is 0 Å².